The van der Waals surface area contributed by atoms with Gasteiger partial charge in [-0.25, -0.2) is 4.98 Å². The smallest absolute Gasteiger partial charge is 0.253 e. The highest BCUT2D eigenvalue weighted by Crippen LogP contribution is 2.18. The molecule has 0 aliphatic carbocycles. The van der Waals surface area contributed by atoms with Gasteiger partial charge in [0.25, 0.3) is 5.91 Å². The number of hydrogen-bond acceptors (Lipinski definition) is 2. The van der Waals surface area contributed by atoms with Crippen molar-refractivity contribution in [3.63, 3.8) is 0 Å². The molecule has 1 atom stereocenters. The van der Waals surface area contributed by atoms with Crippen LogP contribution in [0.25, 0.3) is 0 Å². The first-order valence-electron chi connectivity index (χ1n) is 5.74. The lowest BCUT2D eigenvalue weighted by molar-refractivity contribution is 0.0939. The third-order valence-corrected chi connectivity index (χ3v) is 3.65. The molecule has 2 aromatic rings. The van der Waals surface area contributed by atoms with Gasteiger partial charge in [-0.2, -0.15) is 0 Å². The van der Waals surface area contributed by atoms with E-state index in [1.807, 2.05) is 31.2 Å². The van der Waals surface area contributed by atoms with Crippen LogP contribution in [0, 0.1) is 0 Å². The Labute approximate surface area is 128 Å². The number of nitrogens with zero attached hydrogens (tertiary/aromatic N) is 1. The van der Waals surface area contributed by atoms with Crippen LogP contribution in [0.2, 0.25) is 0 Å². The summed E-state index contributed by atoms with van der Waals surface area (Å²) in [6.07, 6.45) is 1.55. The third kappa shape index (κ3) is 3.88. The van der Waals surface area contributed by atoms with Crippen LogP contribution in [0.3, 0.4) is 0 Å². The van der Waals surface area contributed by atoms with Gasteiger partial charge in [0, 0.05) is 10.7 Å². The Bertz CT molecular complexity index is 584. The maximum atomic E-state index is 12.0. The van der Waals surface area contributed by atoms with Gasteiger partial charge in [0.05, 0.1) is 11.6 Å². The highest BCUT2D eigenvalue weighted by Gasteiger charge is 2.11. The van der Waals surface area contributed by atoms with Crippen molar-refractivity contribution in [2.45, 2.75) is 13.0 Å². The summed E-state index contributed by atoms with van der Waals surface area (Å²) >= 11 is 6.66. The second-order valence-corrected chi connectivity index (χ2v) is 5.85. The molecule has 1 unspecified atom stereocenters. The Hall–Kier alpha value is -1.20. The van der Waals surface area contributed by atoms with Crippen LogP contribution in [0.5, 0.6) is 0 Å². The molecule has 5 heteroatoms. The molecule has 1 N–H and O–H groups in total. The van der Waals surface area contributed by atoms with Gasteiger partial charge in [0.1, 0.15) is 4.60 Å². The molecule has 0 radical (unpaired) electrons. The average Bonchev–Trinajstić information content (AvgIpc) is 2.39. The number of hydrogen-bond donors (Lipinski definition) is 1. The number of rotatable bonds is 3. The quantitative estimate of drug-likeness (QED) is 0.810. The first kappa shape index (κ1) is 14.2. The van der Waals surface area contributed by atoms with Gasteiger partial charge in [-0.15, -0.1) is 0 Å². The van der Waals surface area contributed by atoms with Crippen molar-refractivity contribution in [3.05, 3.63) is 62.8 Å². The number of pyridine rings is 1. The number of carbonyl (C=O) groups is 1. The maximum Gasteiger partial charge on any atom is 0.253 e. The van der Waals surface area contributed by atoms with E-state index in [9.17, 15) is 4.79 Å². The number of aromatic nitrogens is 1. The van der Waals surface area contributed by atoms with Crippen molar-refractivity contribution in [1.29, 1.82) is 0 Å². The molecule has 0 saturated carbocycles. The Kier molecular flexibility index (Phi) is 4.71. The number of halogens is 2. The van der Waals surface area contributed by atoms with Gasteiger partial charge in [0.2, 0.25) is 0 Å². The SMILES string of the molecule is CC(NC(=O)c1ccc(Br)nc1)c1cccc(Br)c1. The molecular formula is C14H12Br2N2O. The fourth-order valence-electron chi connectivity index (χ4n) is 1.65. The minimum absolute atomic E-state index is 0.0614. The number of nitrogens with one attached hydrogen (secondary N) is 1. The Morgan fingerprint density at radius 3 is 2.68 bits per heavy atom. The molecule has 98 valence electrons. The molecule has 0 saturated heterocycles. The topological polar surface area (TPSA) is 42.0 Å². The average molecular weight is 384 g/mol. The van der Waals surface area contributed by atoms with Crippen molar-refractivity contribution >= 4 is 37.8 Å². The zero-order chi connectivity index (χ0) is 13.8. The summed E-state index contributed by atoms with van der Waals surface area (Å²) in [5.41, 5.74) is 1.60. The number of amides is 1. The first-order chi connectivity index (χ1) is 9.06. The standard InChI is InChI=1S/C14H12Br2N2O/c1-9(10-3-2-4-12(15)7-10)18-14(19)11-5-6-13(16)17-8-11/h2-9H,1H3,(H,18,19). The highest BCUT2D eigenvalue weighted by atomic mass is 79.9. The van der Waals surface area contributed by atoms with Crippen LogP contribution >= 0.6 is 31.9 Å². The predicted molar refractivity (Wildman–Crippen MR) is 82.0 cm³/mol. The molecule has 0 aliphatic heterocycles. The van der Waals surface area contributed by atoms with E-state index in [-0.39, 0.29) is 11.9 Å². The zero-order valence-corrected chi connectivity index (χ0v) is 13.4. The van der Waals surface area contributed by atoms with Crippen molar-refractivity contribution < 1.29 is 4.79 Å². The second-order valence-electron chi connectivity index (χ2n) is 4.12. The maximum absolute atomic E-state index is 12.0. The molecule has 1 aromatic heterocycles. The van der Waals surface area contributed by atoms with Crippen LogP contribution in [-0.4, -0.2) is 10.9 Å². The molecule has 0 spiro atoms. The van der Waals surface area contributed by atoms with Crippen LogP contribution < -0.4 is 5.32 Å². The predicted octanol–water partition coefficient (Wildman–Crippen LogP) is 4.10. The summed E-state index contributed by atoms with van der Waals surface area (Å²) in [4.78, 5) is 16.1. The van der Waals surface area contributed by atoms with Gasteiger partial charge in [-0.1, -0.05) is 28.1 Å². The largest absolute Gasteiger partial charge is 0.345 e. The van der Waals surface area contributed by atoms with E-state index in [0.717, 1.165) is 10.0 Å². The number of carbonyl (C=O) groups excluding carboxylic acids is 1. The summed E-state index contributed by atoms with van der Waals surface area (Å²) < 4.78 is 1.71. The fourth-order valence-corrected chi connectivity index (χ4v) is 2.30. The fraction of sp³-hybridized carbons (Fsp3) is 0.143. The lowest BCUT2D eigenvalue weighted by atomic mass is 10.1. The van der Waals surface area contributed by atoms with Gasteiger partial charge in [0.15, 0.2) is 0 Å². The van der Waals surface area contributed by atoms with E-state index < -0.39 is 0 Å². The van der Waals surface area contributed by atoms with Crippen molar-refractivity contribution in [2.75, 3.05) is 0 Å². The van der Waals surface area contributed by atoms with Gasteiger partial charge in [-0.05, 0) is 52.7 Å². The molecule has 0 aliphatic rings. The van der Waals surface area contributed by atoms with E-state index in [1.54, 1.807) is 18.3 Å². The second kappa shape index (κ2) is 6.30. The lowest BCUT2D eigenvalue weighted by Crippen LogP contribution is -2.26. The molecule has 0 bridgehead atoms. The van der Waals surface area contributed by atoms with E-state index in [0.29, 0.717) is 10.2 Å². The minimum atomic E-state index is -0.132. The van der Waals surface area contributed by atoms with Crippen LogP contribution in [0.15, 0.2) is 51.7 Å². The Morgan fingerprint density at radius 2 is 2.05 bits per heavy atom. The van der Waals surface area contributed by atoms with Crippen LogP contribution in [0.4, 0.5) is 0 Å². The third-order valence-electron chi connectivity index (χ3n) is 2.69. The zero-order valence-electron chi connectivity index (χ0n) is 10.2. The summed E-state index contributed by atoms with van der Waals surface area (Å²) in [5.74, 6) is -0.132. The van der Waals surface area contributed by atoms with Crippen LogP contribution in [0.1, 0.15) is 28.9 Å². The van der Waals surface area contributed by atoms with E-state index in [1.165, 1.54) is 0 Å². The molecule has 1 amide bonds. The Balaban J connectivity index is 2.08. The molecule has 1 heterocycles. The normalized spacial score (nSPS) is 11.9. The van der Waals surface area contributed by atoms with Gasteiger partial charge >= 0.3 is 0 Å². The lowest BCUT2D eigenvalue weighted by Gasteiger charge is -2.14. The summed E-state index contributed by atoms with van der Waals surface area (Å²) in [6.45, 7) is 1.95. The number of benzene rings is 1. The van der Waals surface area contributed by atoms with E-state index >= 15 is 0 Å². The monoisotopic (exact) mass is 382 g/mol. The van der Waals surface area contributed by atoms with Crippen molar-refractivity contribution in [1.82, 2.24) is 10.3 Å². The molecule has 0 fully saturated rings. The summed E-state index contributed by atoms with van der Waals surface area (Å²) in [7, 11) is 0. The van der Waals surface area contributed by atoms with Gasteiger partial charge in [-0.3, -0.25) is 4.79 Å². The first-order valence-corrected chi connectivity index (χ1v) is 7.33. The van der Waals surface area contributed by atoms with Gasteiger partial charge < -0.3 is 5.32 Å². The molecule has 2 rings (SSSR count). The molecular weight excluding hydrogens is 372 g/mol. The minimum Gasteiger partial charge on any atom is -0.345 e. The van der Waals surface area contributed by atoms with E-state index in [2.05, 4.69) is 42.2 Å². The molecule has 1 aromatic carbocycles. The van der Waals surface area contributed by atoms with E-state index in [4.69, 9.17) is 0 Å². The Morgan fingerprint density at radius 1 is 1.26 bits per heavy atom. The summed E-state index contributed by atoms with van der Waals surface area (Å²) in [5, 5.41) is 2.94. The highest BCUT2D eigenvalue weighted by molar-refractivity contribution is 9.10. The van der Waals surface area contributed by atoms with Crippen LogP contribution in [-0.2, 0) is 0 Å². The molecule has 19 heavy (non-hydrogen) atoms. The van der Waals surface area contributed by atoms with Crippen molar-refractivity contribution in [2.24, 2.45) is 0 Å². The molecule has 3 nitrogen and oxygen atoms in total. The summed E-state index contributed by atoms with van der Waals surface area (Å²) in [6, 6.07) is 11.3. The van der Waals surface area contributed by atoms with Crippen molar-refractivity contribution in [3.8, 4) is 0 Å².